The first-order chi connectivity index (χ1) is 10.6. The van der Waals surface area contributed by atoms with Crippen LogP contribution in [0.3, 0.4) is 0 Å². The van der Waals surface area contributed by atoms with Crippen molar-refractivity contribution in [2.24, 2.45) is 7.05 Å². The molecule has 0 bridgehead atoms. The molecule has 0 N–H and O–H groups in total. The lowest BCUT2D eigenvalue weighted by Gasteiger charge is -2.25. The topological polar surface area (TPSA) is 17.8 Å². The van der Waals surface area contributed by atoms with Crippen molar-refractivity contribution in [3.05, 3.63) is 78.2 Å². The van der Waals surface area contributed by atoms with Gasteiger partial charge in [-0.05, 0) is 24.1 Å². The van der Waals surface area contributed by atoms with Gasteiger partial charge in [0.2, 0.25) is 0 Å². The fourth-order valence-electron chi connectivity index (χ4n) is 3.06. The van der Waals surface area contributed by atoms with Gasteiger partial charge in [0.1, 0.15) is 5.82 Å². The first-order valence-electron chi connectivity index (χ1n) is 7.70. The Labute approximate surface area is 132 Å². The van der Waals surface area contributed by atoms with Gasteiger partial charge in [0.05, 0.1) is 11.0 Å². The van der Waals surface area contributed by atoms with Gasteiger partial charge in [0.25, 0.3) is 0 Å². The Hall–Kier alpha value is -2.35. The lowest BCUT2D eigenvalue weighted by Crippen LogP contribution is -2.22. The molecule has 2 nitrogen and oxygen atoms in total. The summed E-state index contributed by atoms with van der Waals surface area (Å²) < 4.78 is 2.22. The number of para-hydroxylation sites is 2. The van der Waals surface area contributed by atoms with Crippen molar-refractivity contribution in [1.29, 1.82) is 0 Å². The van der Waals surface area contributed by atoms with Crippen LogP contribution >= 0.6 is 0 Å². The summed E-state index contributed by atoms with van der Waals surface area (Å²) in [7, 11) is 2.11. The van der Waals surface area contributed by atoms with Gasteiger partial charge in [-0.15, -0.1) is 0 Å². The summed E-state index contributed by atoms with van der Waals surface area (Å²) in [6.07, 6.45) is 15.7. The van der Waals surface area contributed by atoms with E-state index >= 15 is 0 Å². The van der Waals surface area contributed by atoms with Crippen molar-refractivity contribution in [3.63, 3.8) is 0 Å². The fraction of sp³-hybridized carbons (Fsp3) is 0.250. The number of allylic oxidation sites excluding steroid dienone is 8. The summed E-state index contributed by atoms with van der Waals surface area (Å²) in [5.74, 6) is 1.13. The molecule has 0 aliphatic heterocycles. The van der Waals surface area contributed by atoms with Gasteiger partial charge in [-0.1, -0.05) is 68.5 Å². The monoisotopic (exact) mass is 290 g/mol. The number of benzene rings is 1. The molecule has 0 amide bonds. The van der Waals surface area contributed by atoms with Crippen molar-refractivity contribution in [1.82, 2.24) is 9.55 Å². The summed E-state index contributed by atoms with van der Waals surface area (Å²) >= 11 is 0. The van der Waals surface area contributed by atoms with Crippen LogP contribution in [0, 0.1) is 0 Å². The highest BCUT2D eigenvalue weighted by molar-refractivity contribution is 5.76. The average Bonchev–Trinajstić information content (AvgIpc) is 2.80. The van der Waals surface area contributed by atoms with Crippen molar-refractivity contribution in [2.45, 2.75) is 25.7 Å². The van der Waals surface area contributed by atoms with Crippen LogP contribution in [0.1, 0.15) is 26.1 Å². The lowest BCUT2D eigenvalue weighted by atomic mass is 9.84. The van der Waals surface area contributed by atoms with E-state index < -0.39 is 0 Å². The molecule has 2 aromatic rings. The smallest absolute Gasteiger partial charge is 0.115 e. The predicted molar refractivity (Wildman–Crippen MR) is 93.9 cm³/mol. The average molecular weight is 290 g/mol. The molecule has 1 heterocycles. The van der Waals surface area contributed by atoms with Crippen LogP contribution in [-0.4, -0.2) is 9.55 Å². The van der Waals surface area contributed by atoms with Crippen molar-refractivity contribution in [3.8, 4) is 0 Å². The number of aromatic nitrogens is 2. The third-order valence-electron chi connectivity index (χ3n) is 4.10. The molecule has 0 unspecified atom stereocenters. The molecule has 0 fully saturated rings. The number of hydrogen-bond donors (Lipinski definition) is 0. The third-order valence-corrected chi connectivity index (χ3v) is 4.10. The quantitative estimate of drug-likeness (QED) is 0.790. The predicted octanol–water partition coefficient (Wildman–Crippen LogP) is 4.85. The number of rotatable bonds is 3. The second-order valence-electron chi connectivity index (χ2n) is 6.41. The Morgan fingerprint density at radius 2 is 1.73 bits per heavy atom. The fourth-order valence-corrected chi connectivity index (χ4v) is 3.06. The van der Waals surface area contributed by atoms with E-state index in [0.29, 0.717) is 0 Å². The summed E-state index contributed by atoms with van der Waals surface area (Å²) in [6, 6.07) is 8.32. The van der Waals surface area contributed by atoms with E-state index in [2.05, 4.69) is 80.1 Å². The van der Waals surface area contributed by atoms with E-state index in [1.165, 1.54) is 11.1 Å². The Bertz CT molecular complexity index is 798. The van der Waals surface area contributed by atoms with Crippen molar-refractivity contribution >= 4 is 11.0 Å². The van der Waals surface area contributed by atoms with Crippen molar-refractivity contribution < 1.29 is 0 Å². The number of imidazole rings is 1. The Morgan fingerprint density at radius 1 is 1.00 bits per heavy atom. The van der Waals surface area contributed by atoms with Crippen LogP contribution in [0.15, 0.2) is 72.4 Å². The molecule has 1 aromatic carbocycles. The molecular formula is C20H22N2. The minimum absolute atomic E-state index is 0.0271. The highest BCUT2D eigenvalue weighted by Gasteiger charge is 2.27. The van der Waals surface area contributed by atoms with E-state index in [9.17, 15) is 0 Å². The number of fused-ring (bicyclic) bond motifs is 1. The third kappa shape index (κ3) is 2.82. The van der Waals surface area contributed by atoms with Crippen LogP contribution in [0.2, 0.25) is 0 Å². The zero-order chi connectivity index (χ0) is 15.6. The van der Waals surface area contributed by atoms with E-state index in [1.807, 2.05) is 12.1 Å². The summed E-state index contributed by atoms with van der Waals surface area (Å²) in [5.41, 5.74) is 3.55. The molecule has 3 rings (SSSR count). The van der Waals surface area contributed by atoms with Crippen LogP contribution in [0.5, 0.6) is 0 Å². The number of hydrogen-bond acceptors (Lipinski definition) is 1. The highest BCUT2D eigenvalue weighted by Crippen LogP contribution is 2.32. The lowest BCUT2D eigenvalue weighted by molar-refractivity contribution is 0.475. The van der Waals surface area contributed by atoms with Crippen LogP contribution in [0.4, 0.5) is 0 Å². The zero-order valence-corrected chi connectivity index (χ0v) is 13.5. The Kier molecular flexibility index (Phi) is 3.84. The molecule has 2 heteroatoms. The molecular weight excluding hydrogens is 268 g/mol. The minimum Gasteiger partial charge on any atom is -0.331 e. The number of nitrogens with zero attached hydrogens (tertiary/aromatic N) is 2. The second-order valence-corrected chi connectivity index (χ2v) is 6.41. The molecule has 1 aliphatic rings. The molecule has 0 saturated carbocycles. The second kappa shape index (κ2) is 5.80. The van der Waals surface area contributed by atoms with E-state index in [1.54, 1.807) is 0 Å². The SMILES string of the molecule is Cn1c(C(C)(C)CC2=C/C=C\C=C/C=C\2)nc2ccccc21. The molecule has 22 heavy (non-hydrogen) atoms. The maximum Gasteiger partial charge on any atom is 0.115 e. The van der Waals surface area contributed by atoms with Gasteiger partial charge in [0.15, 0.2) is 0 Å². The zero-order valence-electron chi connectivity index (χ0n) is 13.5. The van der Waals surface area contributed by atoms with Crippen molar-refractivity contribution in [2.75, 3.05) is 0 Å². The van der Waals surface area contributed by atoms with Gasteiger partial charge in [-0.2, -0.15) is 0 Å². The standard InChI is InChI=1S/C20H22N2/c1-20(2,15-16-11-7-5-4-6-8-12-16)19-21-17-13-9-10-14-18(17)22(19)3/h4-14H,15H2,1-3H3/b5-4-,6-4?,7-5?,8-6-,11-7-,12-8?,16-11?,16-12+. The molecule has 0 atom stereocenters. The normalized spacial score (nSPS) is 21.7. The van der Waals surface area contributed by atoms with E-state index in [-0.39, 0.29) is 5.41 Å². The van der Waals surface area contributed by atoms with Gasteiger partial charge >= 0.3 is 0 Å². The highest BCUT2D eigenvalue weighted by atomic mass is 15.1. The molecule has 0 spiro atoms. The van der Waals surface area contributed by atoms with Gasteiger partial charge in [-0.3, -0.25) is 0 Å². The minimum atomic E-state index is -0.0271. The van der Waals surface area contributed by atoms with Gasteiger partial charge < -0.3 is 4.57 Å². The molecule has 1 aliphatic carbocycles. The van der Waals surface area contributed by atoms with Gasteiger partial charge in [0, 0.05) is 12.5 Å². The van der Waals surface area contributed by atoms with E-state index in [4.69, 9.17) is 4.98 Å². The van der Waals surface area contributed by atoms with Crippen LogP contribution < -0.4 is 0 Å². The summed E-state index contributed by atoms with van der Waals surface area (Å²) in [4.78, 5) is 4.87. The first-order valence-corrected chi connectivity index (χ1v) is 7.70. The van der Waals surface area contributed by atoms with E-state index in [0.717, 1.165) is 17.8 Å². The molecule has 112 valence electrons. The maximum absolute atomic E-state index is 4.87. The molecule has 0 saturated heterocycles. The maximum atomic E-state index is 4.87. The largest absolute Gasteiger partial charge is 0.331 e. The van der Waals surface area contributed by atoms with Crippen LogP contribution in [0.25, 0.3) is 11.0 Å². The Morgan fingerprint density at radius 3 is 2.55 bits per heavy atom. The van der Waals surface area contributed by atoms with Crippen LogP contribution in [-0.2, 0) is 12.5 Å². The first kappa shape index (κ1) is 14.6. The Balaban J connectivity index is 1.96. The molecule has 1 aromatic heterocycles. The summed E-state index contributed by atoms with van der Waals surface area (Å²) in [5, 5.41) is 0. The number of aryl methyl sites for hydroxylation is 1. The van der Waals surface area contributed by atoms with Gasteiger partial charge in [-0.25, -0.2) is 4.98 Å². The summed E-state index contributed by atoms with van der Waals surface area (Å²) in [6.45, 7) is 4.53. The molecule has 0 radical (unpaired) electrons.